The molecule has 0 fully saturated rings. The topological polar surface area (TPSA) is 62.6 Å². The van der Waals surface area contributed by atoms with E-state index in [0.29, 0.717) is 37.6 Å². The van der Waals surface area contributed by atoms with Gasteiger partial charge < -0.3 is 9.47 Å². The van der Waals surface area contributed by atoms with Gasteiger partial charge in [0.25, 0.3) is 0 Å². The van der Waals surface area contributed by atoms with Crippen LogP contribution in [-0.2, 0) is 27.9 Å². The number of benzene rings is 2. The lowest BCUT2D eigenvalue weighted by Gasteiger charge is -2.28. The minimum atomic E-state index is -3.78. The van der Waals surface area contributed by atoms with E-state index in [1.54, 1.807) is 11.0 Å². The molecule has 1 aromatic heterocycles. The highest BCUT2D eigenvalue weighted by molar-refractivity contribution is 7.92. The number of rotatable bonds is 14. The number of amides is 1. The van der Waals surface area contributed by atoms with Gasteiger partial charge in [-0.05, 0) is 47.7 Å². The molecule has 6 nitrogen and oxygen atoms in total. The molecule has 0 unspecified atom stereocenters. The Labute approximate surface area is 232 Å². The number of halogens is 1. The molecule has 1 amide bonds. The van der Waals surface area contributed by atoms with Gasteiger partial charge >= 0.3 is 0 Å². The lowest BCUT2D eigenvalue weighted by molar-refractivity contribution is -0.132. The highest BCUT2D eigenvalue weighted by Gasteiger charge is 2.26. The molecular formula is C30H38ClN3O3S. The molecule has 0 aliphatic heterocycles. The molecule has 204 valence electrons. The summed E-state index contributed by atoms with van der Waals surface area (Å²) in [6.07, 6.45) is 5.06. The van der Waals surface area contributed by atoms with E-state index < -0.39 is 10.0 Å². The van der Waals surface area contributed by atoms with Crippen LogP contribution >= 0.6 is 11.6 Å². The predicted octanol–water partition coefficient (Wildman–Crippen LogP) is 6.28. The molecule has 38 heavy (non-hydrogen) atoms. The minimum absolute atomic E-state index is 0.195. The van der Waals surface area contributed by atoms with Crippen LogP contribution in [0.3, 0.4) is 0 Å². The maximum Gasteiger partial charge on any atom is 0.238 e. The predicted molar refractivity (Wildman–Crippen MR) is 156 cm³/mol. The molecule has 2 aromatic carbocycles. The summed E-state index contributed by atoms with van der Waals surface area (Å²) in [5.74, 6) is 0.0154. The largest absolute Gasteiger partial charge is 0.345 e. The molecule has 3 aromatic rings. The van der Waals surface area contributed by atoms with E-state index in [1.807, 2.05) is 79.9 Å². The zero-order chi connectivity index (χ0) is 27.5. The number of carbonyl (C=O) groups is 1. The van der Waals surface area contributed by atoms with Gasteiger partial charge in [0.1, 0.15) is 0 Å². The third-order valence-electron chi connectivity index (χ3n) is 6.18. The Kier molecular flexibility index (Phi) is 11.2. The zero-order valence-corrected chi connectivity index (χ0v) is 24.0. The number of carbonyl (C=O) groups excluding carboxylic acids is 1. The first-order valence-electron chi connectivity index (χ1n) is 13.1. The van der Waals surface area contributed by atoms with Gasteiger partial charge in [-0.3, -0.25) is 4.79 Å². The van der Waals surface area contributed by atoms with E-state index >= 15 is 0 Å². The number of aromatic nitrogens is 1. The molecule has 0 aliphatic carbocycles. The first kappa shape index (κ1) is 29.7. The second-order valence-corrected chi connectivity index (χ2v) is 12.1. The third kappa shape index (κ3) is 8.86. The number of sulfonamides is 1. The first-order valence-corrected chi connectivity index (χ1v) is 15.0. The van der Waals surface area contributed by atoms with Crippen LogP contribution in [0, 0.1) is 5.92 Å². The summed E-state index contributed by atoms with van der Waals surface area (Å²) < 4.78 is 29.9. The van der Waals surface area contributed by atoms with Crippen molar-refractivity contribution in [2.45, 2.75) is 46.7 Å². The summed E-state index contributed by atoms with van der Waals surface area (Å²) in [5, 5.41) is 1.90. The summed E-state index contributed by atoms with van der Waals surface area (Å²) >= 11 is 6.38. The van der Waals surface area contributed by atoms with Gasteiger partial charge in [-0.2, -0.15) is 4.31 Å². The molecule has 3 rings (SSSR count). The van der Waals surface area contributed by atoms with Crippen molar-refractivity contribution in [2.75, 3.05) is 19.6 Å². The first-order chi connectivity index (χ1) is 18.2. The van der Waals surface area contributed by atoms with Gasteiger partial charge in [-0.15, -0.1) is 0 Å². The van der Waals surface area contributed by atoms with Gasteiger partial charge in [0.05, 0.1) is 13.1 Å². The van der Waals surface area contributed by atoms with Crippen LogP contribution in [-0.4, -0.2) is 47.7 Å². The van der Waals surface area contributed by atoms with Crippen molar-refractivity contribution in [2.24, 2.45) is 5.92 Å². The van der Waals surface area contributed by atoms with Gasteiger partial charge in [0.2, 0.25) is 15.9 Å². The smallest absolute Gasteiger partial charge is 0.238 e. The van der Waals surface area contributed by atoms with Crippen LogP contribution in [0.2, 0.25) is 5.02 Å². The fourth-order valence-electron chi connectivity index (χ4n) is 4.14. The summed E-state index contributed by atoms with van der Waals surface area (Å²) in [6.45, 7) is 7.71. The fraction of sp³-hybridized carbons (Fsp3) is 0.367. The van der Waals surface area contributed by atoms with E-state index in [9.17, 15) is 13.2 Å². The molecule has 0 atom stereocenters. The standard InChI is InChI=1S/C30H38ClN3O3S/c1-4-5-19-34(38(36,37)20-17-26-12-7-6-8-13-26)24-30(35)33(21-25(2)3)23-28-15-11-18-32(28)22-27-14-9-10-16-29(27)31/h6-18,20,25H,4-5,19,21-24H2,1-3H3/b20-17+. The summed E-state index contributed by atoms with van der Waals surface area (Å²) in [6, 6.07) is 20.9. The van der Waals surface area contributed by atoms with Crippen molar-refractivity contribution in [3.8, 4) is 0 Å². The Balaban J connectivity index is 1.79. The SMILES string of the molecule is CCCCN(CC(=O)N(Cc1cccn1Cc1ccccc1Cl)CC(C)C)S(=O)(=O)/C=C/c1ccccc1. The van der Waals surface area contributed by atoms with E-state index in [4.69, 9.17) is 11.6 Å². The monoisotopic (exact) mass is 555 g/mol. The highest BCUT2D eigenvalue weighted by atomic mass is 35.5. The van der Waals surface area contributed by atoms with Gasteiger partial charge in [0, 0.05) is 42.0 Å². The molecule has 0 N–H and O–H groups in total. The van der Waals surface area contributed by atoms with Gasteiger partial charge in [0.15, 0.2) is 0 Å². The minimum Gasteiger partial charge on any atom is -0.345 e. The van der Waals surface area contributed by atoms with Crippen molar-refractivity contribution in [3.63, 3.8) is 0 Å². The Morgan fingerprint density at radius 1 is 1.03 bits per heavy atom. The van der Waals surface area contributed by atoms with Crippen LogP contribution < -0.4 is 0 Å². The molecule has 0 aliphatic rings. The van der Waals surface area contributed by atoms with Crippen molar-refractivity contribution in [3.05, 3.63) is 100 Å². The molecular weight excluding hydrogens is 518 g/mol. The second kappa shape index (κ2) is 14.3. The van der Waals surface area contributed by atoms with E-state index in [2.05, 4.69) is 18.4 Å². The number of nitrogens with zero attached hydrogens (tertiary/aromatic N) is 3. The third-order valence-corrected chi connectivity index (χ3v) is 8.06. The summed E-state index contributed by atoms with van der Waals surface area (Å²) in [5.41, 5.74) is 2.75. The maximum absolute atomic E-state index is 13.6. The lowest BCUT2D eigenvalue weighted by atomic mass is 10.2. The molecule has 8 heteroatoms. The quantitative estimate of drug-likeness (QED) is 0.235. The number of hydrogen-bond donors (Lipinski definition) is 0. The van der Waals surface area contributed by atoms with Gasteiger partial charge in [-0.1, -0.05) is 87.3 Å². The summed E-state index contributed by atoms with van der Waals surface area (Å²) in [7, 11) is -3.78. The number of hydrogen-bond acceptors (Lipinski definition) is 3. The molecule has 1 heterocycles. The Hall–Kier alpha value is -2.87. The van der Waals surface area contributed by atoms with E-state index in [-0.39, 0.29) is 18.4 Å². The second-order valence-electron chi connectivity index (χ2n) is 9.83. The van der Waals surface area contributed by atoms with Crippen molar-refractivity contribution >= 4 is 33.6 Å². The van der Waals surface area contributed by atoms with Crippen molar-refractivity contribution < 1.29 is 13.2 Å². The Morgan fingerprint density at radius 3 is 2.42 bits per heavy atom. The fourth-order valence-corrected chi connectivity index (χ4v) is 5.52. The number of unbranched alkanes of at least 4 members (excludes halogenated alkanes) is 1. The van der Waals surface area contributed by atoms with Crippen LogP contribution in [0.1, 0.15) is 50.4 Å². The van der Waals surface area contributed by atoms with Crippen LogP contribution in [0.15, 0.2) is 78.3 Å². The van der Waals surface area contributed by atoms with Crippen LogP contribution in [0.25, 0.3) is 6.08 Å². The van der Waals surface area contributed by atoms with Crippen LogP contribution in [0.4, 0.5) is 0 Å². The summed E-state index contributed by atoms with van der Waals surface area (Å²) in [4.78, 5) is 15.4. The maximum atomic E-state index is 13.6. The normalized spacial score (nSPS) is 12.1. The van der Waals surface area contributed by atoms with Crippen molar-refractivity contribution in [1.29, 1.82) is 0 Å². The van der Waals surface area contributed by atoms with Crippen LogP contribution in [0.5, 0.6) is 0 Å². The molecule has 0 saturated heterocycles. The average molecular weight is 556 g/mol. The van der Waals surface area contributed by atoms with E-state index in [1.165, 1.54) is 9.71 Å². The van der Waals surface area contributed by atoms with E-state index in [0.717, 1.165) is 23.2 Å². The molecule has 0 spiro atoms. The highest BCUT2D eigenvalue weighted by Crippen LogP contribution is 2.19. The Bertz CT molecular complexity index is 1300. The van der Waals surface area contributed by atoms with Gasteiger partial charge in [-0.25, -0.2) is 8.42 Å². The zero-order valence-electron chi connectivity index (χ0n) is 22.5. The molecule has 0 bridgehead atoms. The molecule has 0 saturated carbocycles. The molecule has 0 radical (unpaired) electrons. The van der Waals surface area contributed by atoms with Crippen molar-refractivity contribution in [1.82, 2.24) is 13.8 Å². The average Bonchev–Trinajstić information content (AvgIpc) is 3.33. The lowest BCUT2D eigenvalue weighted by Crippen LogP contribution is -2.43. The Morgan fingerprint density at radius 2 is 1.74 bits per heavy atom.